The van der Waals surface area contributed by atoms with Crippen LogP contribution in [0.15, 0.2) is 41.8 Å². The normalized spacial score (nSPS) is 13.5. The molecule has 1 aliphatic carbocycles. The number of hydrogen-bond acceptors (Lipinski definition) is 6. The van der Waals surface area contributed by atoms with Gasteiger partial charge >= 0.3 is 0 Å². The summed E-state index contributed by atoms with van der Waals surface area (Å²) in [4.78, 5) is 33.9. The number of benzene rings is 1. The molecule has 4 rings (SSSR count). The third-order valence-electron chi connectivity index (χ3n) is 4.16. The maximum Gasteiger partial charge on any atom is 0.257 e. The summed E-state index contributed by atoms with van der Waals surface area (Å²) in [6.45, 7) is 0. The van der Waals surface area contributed by atoms with Gasteiger partial charge in [-0.05, 0) is 37.3 Å². The molecule has 1 aliphatic rings. The second-order valence-corrected chi connectivity index (χ2v) is 7.63. The number of nitrogens with one attached hydrogen (secondary N) is 1. The molecule has 0 bridgehead atoms. The van der Waals surface area contributed by atoms with Crippen LogP contribution in [0.25, 0.3) is 5.69 Å². The zero-order chi connectivity index (χ0) is 18.1. The lowest BCUT2D eigenvalue weighted by Crippen LogP contribution is -2.12. The van der Waals surface area contributed by atoms with E-state index in [1.54, 1.807) is 24.0 Å². The molecule has 0 unspecified atom stereocenters. The van der Waals surface area contributed by atoms with Crippen molar-refractivity contribution in [2.24, 2.45) is 0 Å². The van der Waals surface area contributed by atoms with Crippen molar-refractivity contribution in [1.29, 1.82) is 0 Å². The number of aromatic nitrogens is 3. The summed E-state index contributed by atoms with van der Waals surface area (Å²) in [5, 5.41) is 4.16. The number of amides is 1. The van der Waals surface area contributed by atoms with Gasteiger partial charge in [0.2, 0.25) is 0 Å². The van der Waals surface area contributed by atoms with Crippen LogP contribution in [0.1, 0.15) is 38.6 Å². The number of fused-ring (bicyclic) bond motifs is 1. The molecule has 1 N–H and O–H groups in total. The Morgan fingerprint density at radius 3 is 3.04 bits per heavy atom. The Balaban J connectivity index is 1.57. The number of hydrogen-bond donors (Lipinski definition) is 1. The summed E-state index contributed by atoms with van der Waals surface area (Å²) in [6.07, 6.45) is 7.74. The smallest absolute Gasteiger partial charge is 0.257 e. The number of Topliss-reactive ketones (excluding diaryl/α,β-unsaturated/α-hetero) is 1. The van der Waals surface area contributed by atoms with Crippen molar-refractivity contribution in [3.05, 3.63) is 52.8 Å². The number of carbonyl (C=O) groups is 2. The molecule has 2 aromatic heterocycles. The van der Waals surface area contributed by atoms with Crippen molar-refractivity contribution in [3.63, 3.8) is 0 Å². The summed E-state index contributed by atoms with van der Waals surface area (Å²) < 4.78 is 1.93. The van der Waals surface area contributed by atoms with E-state index in [-0.39, 0.29) is 11.7 Å². The van der Waals surface area contributed by atoms with Crippen LogP contribution in [0.4, 0.5) is 5.13 Å². The largest absolute Gasteiger partial charge is 0.298 e. The lowest BCUT2D eigenvalue weighted by molar-refractivity contribution is 0.0975. The standard InChI is InChI=1S/C18H16N4O2S2/c1-25-18-19-8-9-22(18)12-5-2-4-11(10-12)16(24)21-17-20-13-6-3-7-14(23)15(13)26-17/h2,4-5,8-10H,3,6-7H2,1H3,(H,20,21,24). The molecule has 8 heteroatoms. The van der Waals surface area contributed by atoms with Crippen molar-refractivity contribution < 1.29 is 9.59 Å². The van der Waals surface area contributed by atoms with Gasteiger partial charge in [-0.1, -0.05) is 29.2 Å². The molecular formula is C18H16N4O2S2. The van der Waals surface area contributed by atoms with E-state index in [0.717, 1.165) is 29.4 Å². The third kappa shape index (κ3) is 3.17. The Hall–Kier alpha value is -2.45. The van der Waals surface area contributed by atoms with E-state index in [4.69, 9.17) is 0 Å². The molecule has 1 amide bonds. The van der Waals surface area contributed by atoms with Crippen LogP contribution in [-0.2, 0) is 6.42 Å². The zero-order valence-electron chi connectivity index (χ0n) is 14.1. The Labute approximate surface area is 158 Å². The quantitative estimate of drug-likeness (QED) is 0.692. The first-order valence-corrected chi connectivity index (χ1v) is 10.2. The molecule has 0 saturated heterocycles. The maximum absolute atomic E-state index is 12.6. The topological polar surface area (TPSA) is 76.9 Å². The Morgan fingerprint density at radius 2 is 2.23 bits per heavy atom. The monoisotopic (exact) mass is 384 g/mol. The fraction of sp³-hybridized carbons (Fsp3) is 0.222. The molecule has 0 spiro atoms. The fourth-order valence-electron chi connectivity index (χ4n) is 2.93. The number of thiazole rings is 1. The predicted octanol–water partition coefficient (Wildman–Crippen LogP) is 3.82. The highest BCUT2D eigenvalue weighted by Gasteiger charge is 2.23. The number of imidazole rings is 1. The fourth-order valence-corrected chi connectivity index (χ4v) is 4.43. The minimum atomic E-state index is -0.240. The van der Waals surface area contributed by atoms with Gasteiger partial charge in [0.15, 0.2) is 16.1 Å². The first-order valence-electron chi connectivity index (χ1n) is 8.18. The second kappa shape index (κ2) is 7.05. The first-order chi connectivity index (χ1) is 12.7. The molecule has 132 valence electrons. The number of thioether (sulfide) groups is 1. The van der Waals surface area contributed by atoms with E-state index in [9.17, 15) is 9.59 Å². The molecule has 2 heterocycles. The molecule has 0 radical (unpaired) electrons. The van der Waals surface area contributed by atoms with E-state index in [2.05, 4.69) is 15.3 Å². The Bertz CT molecular complexity index is 993. The number of nitrogens with zero attached hydrogens (tertiary/aromatic N) is 3. The van der Waals surface area contributed by atoms with Crippen molar-refractivity contribution in [1.82, 2.24) is 14.5 Å². The molecule has 0 aliphatic heterocycles. The van der Waals surface area contributed by atoms with Crippen molar-refractivity contribution >= 4 is 39.9 Å². The molecule has 0 saturated carbocycles. The number of carbonyl (C=O) groups excluding carboxylic acids is 2. The number of aryl methyl sites for hydroxylation is 1. The van der Waals surface area contributed by atoms with Crippen molar-refractivity contribution in [2.75, 3.05) is 11.6 Å². The minimum Gasteiger partial charge on any atom is -0.298 e. The predicted molar refractivity (Wildman–Crippen MR) is 103 cm³/mol. The van der Waals surface area contributed by atoms with Crippen LogP contribution in [0.5, 0.6) is 0 Å². The van der Waals surface area contributed by atoms with Crippen LogP contribution < -0.4 is 5.32 Å². The van der Waals surface area contributed by atoms with Gasteiger partial charge in [0, 0.05) is 30.1 Å². The van der Waals surface area contributed by atoms with E-state index in [1.807, 2.05) is 35.2 Å². The van der Waals surface area contributed by atoms with E-state index >= 15 is 0 Å². The van der Waals surface area contributed by atoms with Gasteiger partial charge < -0.3 is 0 Å². The highest BCUT2D eigenvalue weighted by Crippen LogP contribution is 2.30. The molecule has 26 heavy (non-hydrogen) atoms. The zero-order valence-corrected chi connectivity index (χ0v) is 15.7. The first kappa shape index (κ1) is 17.0. The van der Waals surface area contributed by atoms with E-state index < -0.39 is 0 Å². The number of anilines is 1. The average Bonchev–Trinajstić information content (AvgIpc) is 3.28. The molecular weight excluding hydrogens is 368 g/mol. The Kier molecular flexibility index (Phi) is 4.60. The molecule has 6 nitrogen and oxygen atoms in total. The van der Waals surface area contributed by atoms with Gasteiger partial charge in [-0.25, -0.2) is 9.97 Å². The van der Waals surface area contributed by atoms with Gasteiger partial charge in [0.05, 0.1) is 10.6 Å². The van der Waals surface area contributed by atoms with Gasteiger partial charge in [-0.2, -0.15) is 0 Å². The summed E-state index contributed by atoms with van der Waals surface area (Å²) >= 11 is 2.80. The number of ketones is 1. The van der Waals surface area contributed by atoms with E-state index in [1.165, 1.54) is 11.3 Å². The summed E-state index contributed by atoms with van der Waals surface area (Å²) in [7, 11) is 0. The second-order valence-electron chi connectivity index (χ2n) is 5.86. The lowest BCUT2D eigenvalue weighted by Gasteiger charge is -2.08. The lowest BCUT2D eigenvalue weighted by atomic mass is 10.0. The van der Waals surface area contributed by atoms with Gasteiger partial charge in [-0.15, -0.1) is 0 Å². The Morgan fingerprint density at radius 1 is 1.35 bits per heavy atom. The van der Waals surface area contributed by atoms with Crippen LogP contribution >= 0.6 is 23.1 Å². The highest BCUT2D eigenvalue weighted by atomic mass is 32.2. The summed E-state index contributed by atoms with van der Waals surface area (Å²) in [5.41, 5.74) is 2.20. The van der Waals surface area contributed by atoms with Crippen molar-refractivity contribution in [3.8, 4) is 5.69 Å². The van der Waals surface area contributed by atoms with Gasteiger partial charge in [0.1, 0.15) is 0 Å². The summed E-state index contributed by atoms with van der Waals surface area (Å²) in [5.74, 6) is -0.118. The summed E-state index contributed by atoms with van der Waals surface area (Å²) in [6, 6.07) is 7.34. The molecule has 1 aromatic carbocycles. The van der Waals surface area contributed by atoms with E-state index in [0.29, 0.717) is 22.0 Å². The van der Waals surface area contributed by atoms with Gasteiger partial charge in [0.25, 0.3) is 5.91 Å². The third-order valence-corrected chi connectivity index (χ3v) is 5.89. The van der Waals surface area contributed by atoms with Crippen LogP contribution in [0.3, 0.4) is 0 Å². The van der Waals surface area contributed by atoms with Crippen LogP contribution in [-0.4, -0.2) is 32.5 Å². The molecule has 0 atom stereocenters. The highest BCUT2D eigenvalue weighted by molar-refractivity contribution is 7.98. The molecule has 0 fully saturated rings. The maximum atomic E-state index is 12.6. The van der Waals surface area contributed by atoms with Gasteiger partial charge in [-0.3, -0.25) is 19.5 Å². The average molecular weight is 384 g/mol. The number of rotatable bonds is 4. The molecule has 3 aromatic rings. The van der Waals surface area contributed by atoms with Crippen LogP contribution in [0, 0.1) is 0 Å². The van der Waals surface area contributed by atoms with Crippen LogP contribution in [0.2, 0.25) is 0 Å². The SMILES string of the molecule is CSc1nccn1-c1cccc(C(=O)Nc2nc3c(s2)C(=O)CCC3)c1. The van der Waals surface area contributed by atoms with Crippen molar-refractivity contribution in [2.45, 2.75) is 24.4 Å². The minimum absolute atomic E-state index is 0.121.